The van der Waals surface area contributed by atoms with Crippen LogP contribution in [0.5, 0.6) is 0 Å². The van der Waals surface area contributed by atoms with E-state index in [9.17, 15) is 0 Å². The molecule has 3 aromatic rings. The van der Waals surface area contributed by atoms with E-state index in [0.29, 0.717) is 0 Å². The first-order valence-electron chi connectivity index (χ1n) is 6.23. The molecule has 0 bridgehead atoms. The van der Waals surface area contributed by atoms with E-state index >= 15 is 0 Å². The number of fused-ring (bicyclic) bond motifs is 2. The highest BCUT2D eigenvalue weighted by molar-refractivity contribution is 9.11. The topological polar surface area (TPSA) is 0 Å². The van der Waals surface area contributed by atoms with Crippen LogP contribution in [0.3, 0.4) is 0 Å². The molecular formula is C17H10Br2. The summed E-state index contributed by atoms with van der Waals surface area (Å²) in [7, 11) is 0. The van der Waals surface area contributed by atoms with Gasteiger partial charge in [0, 0.05) is 8.95 Å². The summed E-state index contributed by atoms with van der Waals surface area (Å²) in [5.74, 6) is 0. The van der Waals surface area contributed by atoms with Crippen molar-refractivity contribution < 1.29 is 0 Å². The Bertz CT molecular complexity index is 819. The molecule has 0 aromatic heterocycles. The lowest BCUT2D eigenvalue weighted by Gasteiger charge is -2.21. The van der Waals surface area contributed by atoms with E-state index in [1.807, 2.05) is 0 Å². The number of benzene rings is 3. The van der Waals surface area contributed by atoms with Gasteiger partial charge in [-0.3, -0.25) is 0 Å². The molecule has 3 aromatic carbocycles. The zero-order valence-electron chi connectivity index (χ0n) is 10.1. The summed E-state index contributed by atoms with van der Waals surface area (Å²) in [5, 5.41) is 2.70. The van der Waals surface area contributed by atoms with E-state index in [2.05, 4.69) is 80.4 Å². The molecule has 0 radical (unpaired) electrons. The molecule has 0 unspecified atom stereocenters. The van der Waals surface area contributed by atoms with Crippen molar-refractivity contribution in [2.45, 2.75) is 6.42 Å². The average Bonchev–Trinajstić information content (AvgIpc) is 2.41. The van der Waals surface area contributed by atoms with Gasteiger partial charge in [-0.1, -0.05) is 62.2 Å². The number of hydrogen-bond donors (Lipinski definition) is 0. The monoisotopic (exact) mass is 372 g/mol. The molecule has 0 spiro atoms. The van der Waals surface area contributed by atoms with Crippen LogP contribution in [0, 0.1) is 0 Å². The van der Waals surface area contributed by atoms with Gasteiger partial charge in [-0.05, 0) is 57.6 Å². The second kappa shape index (κ2) is 4.19. The van der Waals surface area contributed by atoms with Gasteiger partial charge in [0.15, 0.2) is 0 Å². The lowest BCUT2D eigenvalue weighted by atomic mass is 9.84. The predicted molar refractivity (Wildman–Crippen MR) is 87.6 cm³/mol. The van der Waals surface area contributed by atoms with E-state index in [0.717, 1.165) is 10.9 Å². The van der Waals surface area contributed by atoms with Crippen molar-refractivity contribution in [2.24, 2.45) is 0 Å². The van der Waals surface area contributed by atoms with Gasteiger partial charge in [0.2, 0.25) is 0 Å². The summed E-state index contributed by atoms with van der Waals surface area (Å²) < 4.78 is 2.33. The third-order valence-electron chi connectivity index (χ3n) is 3.81. The molecule has 4 rings (SSSR count). The fraction of sp³-hybridized carbons (Fsp3) is 0.0588. The molecule has 0 nitrogen and oxygen atoms in total. The highest BCUT2D eigenvalue weighted by Gasteiger charge is 2.18. The van der Waals surface area contributed by atoms with Gasteiger partial charge in [-0.15, -0.1) is 0 Å². The van der Waals surface area contributed by atoms with Gasteiger partial charge in [-0.2, -0.15) is 0 Å². The fourth-order valence-corrected chi connectivity index (χ4v) is 3.87. The van der Waals surface area contributed by atoms with Crippen LogP contribution in [-0.2, 0) is 6.42 Å². The van der Waals surface area contributed by atoms with Crippen molar-refractivity contribution in [2.75, 3.05) is 0 Å². The second-order valence-electron chi connectivity index (χ2n) is 4.91. The summed E-state index contributed by atoms with van der Waals surface area (Å²) in [6.07, 6.45) is 1.01. The molecule has 0 amide bonds. The predicted octanol–water partition coefficient (Wildman–Crippen LogP) is 5.94. The summed E-state index contributed by atoms with van der Waals surface area (Å²) in [5.41, 5.74) is 5.53. The smallest absolute Gasteiger partial charge is 0.0254 e. The fourth-order valence-electron chi connectivity index (χ4n) is 3.00. The molecule has 0 saturated carbocycles. The van der Waals surface area contributed by atoms with Gasteiger partial charge in [0.1, 0.15) is 0 Å². The minimum Gasteiger partial charge on any atom is -0.0613 e. The number of hydrogen-bond acceptors (Lipinski definition) is 0. The highest BCUT2D eigenvalue weighted by Crippen LogP contribution is 2.42. The molecule has 92 valence electrons. The molecule has 1 aliphatic carbocycles. The molecular weight excluding hydrogens is 364 g/mol. The maximum Gasteiger partial charge on any atom is 0.0254 e. The Hall–Kier alpha value is -1.12. The van der Waals surface area contributed by atoms with Crippen LogP contribution in [0.2, 0.25) is 0 Å². The van der Waals surface area contributed by atoms with Crippen LogP contribution in [0.4, 0.5) is 0 Å². The largest absolute Gasteiger partial charge is 0.0613 e. The number of rotatable bonds is 0. The Morgan fingerprint density at radius 3 is 2.53 bits per heavy atom. The lowest BCUT2D eigenvalue weighted by molar-refractivity contribution is 1.19. The maximum atomic E-state index is 3.66. The van der Waals surface area contributed by atoms with Crippen molar-refractivity contribution in [1.29, 1.82) is 0 Å². The number of halogens is 2. The van der Waals surface area contributed by atoms with Crippen molar-refractivity contribution in [3.8, 4) is 11.1 Å². The van der Waals surface area contributed by atoms with E-state index in [-0.39, 0.29) is 0 Å². The molecule has 0 aliphatic heterocycles. The van der Waals surface area contributed by atoms with E-state index in [1.165, 1.54) is 37.5 Å². The standard InChI is InChI=1S/C17H10Br2/c18-12-4-5-13-11(9-12)8-10-2-1-3-15-16(19)7-6-14(13)17(10)15/h1-7,9H,8H2. The van der Waals surface area contributed by atoms with Gasteiger partial charge in [-0.25, -0.2) is 0 Å². The van der Waals surface area contributed by atoms with E-state index < -0.39 is 0 Å². The van der Waals surface area contributed by atoms with Crippen LogP contribution >= 0.6 is 31.9 Å². The normalized spacial score (nSPS) is 12.5. The zero-order chi connectivity index (χ0) is 13.0. The average molecular weight is 374 g/mol. The molecule has 0 atom stereocenters. The van der Waals surface area contributed by atoms with Crippen molar-refractivity contribution in [1.82, 2.24) is 0 Å². The van der Waals surface area contributed by atoms with Crippen molar-refractivity contribution in [3.05, 3.63) is 68.6 Å². The van der Waals surface area contributed by atoms with Gasteiger partial charge in [0.05, 0.1) is 0 Å². The first-order chi connectivity index (χ1) is 9.24. The highest BCUT2D eigenvalue weighted by atomic mass is 79.9. The van der Waals surface area contributed by atoms with Gasteiger partial charge < -0.3 is 0 Å². The Labute approximate surface area is 128 Å². The second-order valence-corrected chi connectivity index (χ2v) is 6.68. The molecule has 0 fully saturated rings. The third-order valence-corrected chi connectivity index (χ3v) is 5.00. The summed E-state index contributed by atoms with van der Waals surface area (Å²) in [4.78, 5) is 0. The SMILES string of the molecule is Brc1ccc2c(c1)Cc1cccc3c(Br)ccc-2c13. The van der Waals surface area contributed by atoms with Crippen LogP contribution in [0.25, 0.3) is 21.9 Å². The Balaban J connectivity index is 2.17. The molecule has 0 saturated heterocycles. The van der Waals surface area contributed by atoms with Gasteiger partial charge >= 0.3 is 0 Å². The zero-order valence-corrected chi connectivity index (χ0v) is 13.3. The van der Waals surface area contributed by atoms with Crippen LogP contribution in [0.15, 0.2) is 57.5 Å². The quantitative estimate of drug-likeness (QED) is 0.358. The van der Waals surface area contributed by atoms with Crippen LogP contribution in [0.1, 0.15) is 11.1 Å². The van der Waals surface area contributed by atoms with E-state index in [1.54, 1.807) is 0 Å². The minimum absolute atomic E-state index is 1.01. The molecule has 2 heteroatoms. The third kappa shape index (κ3) is 1.70. The molecule has 0 N–H and O–H groups in total. The van der Waals surface area contributed by atoms with Crippen LogP contribution < -0.4 is 0 Å². The van der Waals surface area contributed by atoms with Crippen molar-refractivity contribution in [3.63, 3.8) is 0 Å². The van der Waals surface area contributed by atoms with E-state index in [4.69, 9.17) is 0 Å². The summed E-state index contributed by atoms with van der Waals surface area (Å²) in [6.45, 7) is 0. The Morgan fingerprint density at radius 1 is 0.789 bits per heavy atom. The minimum atomic E-state index is 1.01. The molecule has 19 heavy (non-hydrogen) atoms. The molecule has 1 aliphatic rings. The first kappa shape index (κ1) is 11.7. The maximum absolute atomic E-state index is 3.66. The van der Waals surface area contributed by atoms with Gasteiger partial charge in [0.25, 0.3) is 0 Å². The lowest BCUT2D eigenvalue weighted by Crippen LogP contribution is -2.01. The summed E-state index contributed by atoms with van der Waals surface area (Å²) >= 11 is 7.23. The van der Waals surface area contributed by atoms with Crippen LogP contribution in [-0.4, -0.2) is 0 Å². The summed E-state index contributed by atoms with van der Waals surface area (Å²) in [6, 6.07) is 17.5. The Kier molecular flexibility index (Phi) is 2.58. The Morgan fingerprint density at radius 2 is 1.63 bits per heavy atom. The van der Waals surface area contributed by atoms with Crippen molar-refractivity contribution >= 4 is 42.6 Å². The molecule has 0 heterocycles. The first-order valence-corrected chi connectivity index (χ1v) is 7.81.